The van der Waals surface area contributed by atoms with Crippen molar-refractivity contribution in [2.45, 2.75) is 26.0 Å². The van der Waals surface area contributed by atoms with Gasteiger partial charge in [0.05, 0.1) is 8.07 Å². The van der Waals surface area contributed by atoms with Gasteiger partial charge in [-0.15, -0.1) is 13.2 Å². The number of benzene rings is 1. The summed E-state index contributed by atoms with van der Waals surface area (Å²) in [6, 6.07) is 3.50. The first-order valence-corrected chi connectivity index (χ1v) is 8.16. The smallest absolute Gasteiger partial charge is 0.406 e. The number of ether oxygens (including phenoxy) is 1. The number of rotatable bonds is 2. The van der Waals surface area contributed by atoms with Gasteiger partial charge in [-0.25, -0.2) is 4.39 Å². The van der Waals surface area contributed by atoms with Crippen LogP contribution in [0.15, 0.2) is 18.2 Å². The molecule has 0 unspecified atom stereocenters. The highest BCUT2D eigenvalue weighted by Crippen LogP contribution is 2.24. The molecule has 0 aliphatic heterocycles. The van der Waals surface area contributed by atoms with Gasteiger partial charge >= 0.3 is 6.36 Å². The largest absolute Gasteiger partial charge is 0.573 e. The lowest BCUT2D eigenvalue weighted by Gasteiger charge is -2.22. The molecule has 0 aliphatic carbocycles. The molecular formula is C10H12F4OSi. The minimum atomic E-state index is -4.79. The lowest BCUT2D eigenvalue weighted by Crippen LogP contribution is -2.42. The number of hydrogen-bond acceptors (Lipinski definition) is 1. The van der Waals surface area contributed by atoms with E-state index in [1.54, 1.807) is 19.6 Å². The van der Waals surface area contributed by atoms with Crippen LogP contribution < -0.4 is 9.92 Å². The third-order valence-electron chi connectivity index (χ3n) is 1.95. The summed E-state index contributed by atoms with van der Waals surface area (Å²) in [6.45, 7) is 5.28. The van der Waals surface area contributed by atoms with Crippen molar-refractivity contribution in [1.29, 1.82) is 0 Å². The maximum Gasteiger partial charge on any atom is 0.573 e. The third-order valence-corrected chi connectivity index (χ3v) is 3.94. The van der Waals surface area contributed by atoms with Gasteiger partial charge in [-0.1, -0.05) is 25.7 Å². The Morgan fingerprint density at radius 1 is 1.12 bits per heavy atom. The summed E-state index contributed by atoms with van der Waals surface area (Å²) in [5.74, 6) is -1.06. The Labute approximate surface area is 92.0 Å². The van der Waals surface area contributed by atoms with Gasteiger partial charge in [0.25, 0.3) is 0 Å². The van der Waals surface area contributed by atoms with Crippen molar-refractivity contribution in [2.75, 3.05) is 0 Å². The first-order valence-electron chi connectivity index (χ1n) is 4.66. The van der Waals surface area contributed by atoms with E-state index in [1.807, 2.05) is 0 Å². The molecule has 0 radical (unpaired) electrons. The predicted octanol–water partition coefficient (Wildman–Crippen LogP) is 3.27. The molecule has 16 heavy (non-hydrogen) atoms. The van der Waals surface area contributed by atoms with E-state index in [0.717, 1.165) is 12.1 Å². The van der Waals surface area contributed by atoms with Crippen molar-refractivity contribution in [3.05, 3.63) is 24.0 Å². The van der Waals surface area contributed by atoms with Crippen molar-refractivity contribution < 1.29 is 22.3 Å². The van der Waals surface area contributed by atoms with Crippen LogP contribution in [0.1, 0.15) is 0 Å². The quantitative estimate of drug-likeness (QED) is 0.580. The van der Waals surface area contributed by atoms with Gasteiger partial charge in [-0.2, -0.15) is 0 Å². The van der Waals surface area contributed by atoms with Gasteiger partial charge in [0.1, 0.15) is 11.6 Å². The minimum Gasteiger partial charge on any atom is -0.406 e. The van der Waals surface area contributed by atoms with E-state index in [2.05, 4.69) is 4.74 Å². The van der Waals surface area contributed by atoms with Crippen molar-refractivity contribution in [1.82, 2.24) is 0 Å². The number of hydrogen-bond donors (Lipinski definition) is 0. The maximum absolute atomic E-state index is 13.5. The molecular weight excluding hydrogens is 240 g/mol. The van der Waals surface area contributed by atoms with E-state index in [9.17, 15) is 17.6 Å². The van der Waals surface area contributed by atoms with Gasteiger partial charge in [-0.3, -0.25) is 0 Å². The van der Waals surface area contributed by atoms with Crippen molar-refractivity contribution in [3.8, 4) is 5.75 Å². The van der Waals surface area contributed by atoms with E-state index in [0.29, 0.717) is 0 Å². The predicted molar refractivity (Wildman–Crippen MR) is 56.1 cm³/mol. The van der Waals surface area contributed by atoms with Gasteiger partial charge in [-0.05, 0) is 12.1 Å². The van der Waals surface area contributed by atoms with Crippen LogP contribution in [-0.4, -0.2) is 14.4 Å². The Kier molecular flexibility index (Phi) is 3.32. The first-order chi connectivity index (χ1) is 7.11. The van der Waals surface area contributed by atoms with E-state index in [-0.39, 0.29) is 5.19 Å². The Bertz CT molecular complexity index is 381. The van der Waals surface area contributed by atoms with Crippen LogP contribution in [-0.2, 0) is 0 Å². The fourth-order valence-electron chi connectivity index (χ4n) is 1.44. The second-order valence-corrected chi connectivity index (χ2v) is 9.41. The zero-order valence-corrected chi connectivity index (χ0v) is 10.2. The van der Waals surface area contributed by atoms with Gasteiger partial charge < -0.3 is 4.74 Å². The van der Waals surface area contributed by atoms with Crippen LogP contribution in [0.4, 0.5) is 17.6 Å². The Hall–Kier alpha value is -1.04. The van der Waals surface area contributed by atoms with Crippen LogP contribution >= 0.6 is 0 Å². The zero-order valence-electron chi connectivity index (χ0n) is 9.15. The fraction of sp³-hybridized carbons (Fsp3) is 0.400. The van der Waals surface area contributed by atoms with E-state index < -0.39 is 26.0 Å². The number of halogens is 4. The molecule has 1 nitrogen and oxygen atoms in total. The topological polar surface area (TPSA) is 9.23 Å². The van der Waals surface area contributed by atoms with Crippen LogP contribution in [0.2, 0.25) is 19.6 Å². The summed E-state index contributed by atoms with van der Waals surface area (Å²) in [6.07, 6.45) is -4.79. The summed E-state index contributed by atoms with van der Waals surface area (Å²) in [7, 11) is -2.22. The molecule has 1 aromatic carbocycles. The molecule has 0 spiro atoms. The second kappa shape index (κ2) is 4.08. The van der Waals surface area contributed by atoms with Crippen LogP contribution in [0, 0.1) is 5.82 Å². The molecule has 6 heteroatoms. The Morgan fingerprint density at radius 3 is 2.12 bits per heavy atom. The molecule has 0 bridgehead atoms. The summed E-state index contributed by atoms with van der Waals surface area (Å²) in [4.78, 5) is 0. The Balaban J connectivity index is 3.24. The summed E-state index contributed by atoms with van der Waals surface area (Å²) < 4.78 is 53.7. The minimum absolute atomic E-state index is 0.0623. The number of alkyl halides is 3. The average molecular weight is 252 g/mol. The van der Waals surface area contributed by atoms with Crippen LogP contribution in [0.3, 0.4) is 0 Å². The first kappa shape index (κ1) is 13.0. The SMILES string of the molecule is C[Si](C)(C)c1c(F)cccc1OC(F)(F)F. The van der Waals surface area contributed by atoms with Crippen LogP contribution in [0.5, 0.6) is 5.75 Å². The molecule has 0 saturated carbocycles. The highest BCUT2D eigenvalue weighted by atomic mass is 28.3. The molecule has 0 saturated heterocycles. The standard InChI is InChI=1S/C10H12F4OSi/c1-16(2,3)9-7(11)5-4-6-8(9)15-10(12,13)14/h4-6H,1-3H3. The molecule has 0 aromatic heterocycles. The lowest BCUT2D eigenvalue weighted by atomic mass is 10.3. The second-order valence-electron chi connectivity index (χ2n) is 4.41. The molecule has 0 N–H and O–H groups in total. The maximum atomic E-state index is 13.5. The third kappa shape index (κ3) is 3.23. The monoisotopic (exact) mass is 252 g/mol. The molecule has 0 heterocycles. The van der Waals surface area contributed by atoms with Crippen molar-refractivity contribution >= 4 is 13.3 Å². The highest BCUT2D eigenvalue weighted by Gasteiger charge is 2.35. The fourth-order valence-corrected chi connectivity index (χ4v) is 3.12. The van der Waals surface area contributed by atoms with Crippen molar-refractivity contribution in [3.63, 3.8) is 0 Å². The summed E-state index contributed by atoms with van der Waals surface area (Å²) in [5, 5.41) is 0.0623. The van der Waals surface area contributed by atoms with E-state index in [4.69, 9.17) is 0 Å². The molecule has 0 atom stereocenters. The van der Waals surface area contributed by atoms with Crippen LogP contribution in [0.25, 0.3) is 0 Å². The van der Waals surface area contributed by atoms with Gasteiger partial charge in [0.15, 0.2) is 0 Å². The normalized spacial score (nSPS) is 12.7. The molecule has 1 aromatic rings. The van der Waals surface area contributed by atoms with E-state index in [1.165, 1.54) is 6.07 Å². The molecule has 0 aliphatic rings. The average Bonchev–Trinajstić information content (AvgIpc) is 1.97. The highest BCUT2D eigenvalue weighted by molar-refractivity contribution is 6.89. The molecule has 0 fully saturated rings. The molecule has 90 valence electrons. The van der Waals surface area contributed by atoms with Gasteiger partial charge in [0, 0.05) is 5.19 Å². The summed E-state index contributed by atoms with van der Waals surface area (Å²) in [5.41, 5.74) is 0. The summed E-state index contributed by atoms with van der Waals surface area (Å²) >= 11 is 0. The zero-order chi connectivity index (χ0) is 12.6. The molecule has 0 amide bonds. The van der Waals surface area contributed by atoms with Gasteiger partial charge in [0.2, 0.25) is 0 Å². The van der Waals surface area contributed by atoms with E-state index >= 15 is 0 Å². The van der Waals surface area contributed by atoms with Crippen molar-refractivity contribution in [2.24, 2.45) is 0 Å². The Morgan fingerprint density at radius 2 is 1.69 bits per heavy atom. The molecule has 1 rings (SSSR count). The lowest BCUT2D eigenvalue weighted by molar-refractivity contribution is -0.274.